The SMILES string of the molecule is COC(=O)c1cc([N+](=O)[O-])cc([N+](=O)[O-])c1N1CCC[C@@H](C(F)(F)F)C1. The average molecular weight is 377 g/mol. The lowest BCUT2D eigenvalue weighted by molar-refractivity contribution is -0.393. The number of ether oxygens (including phenoxy) is 1. The van der Waals surface area contributed by atoms with E-state index in [-0.39, 0.29) is 19.4 Å². The summed E-state index contributed by atoms with van der Waals surface area (Å²) in [5, 5.41) is 22.3. The number of carbonyl (C=O) groups excluding carboxylic acids is 1. The lowest BCUT2D eigenvalue weighted by atomic mass is 9.95. The standard InChI is InChI=1S/C14H14F3N3O6/c1-26-13(21)10-5-9(19(22)23)6-11(20(24)25)12(10)18-4-2-3-8(7-18)14(15,16)17/h5-6,8H,2-4,7H2,1H3/t8-/m1/s1. The van der Waals surface area contributed by atoms with Crippen molar-refractivity contribution in [3.05, 3.63) is 37.9 Å². The number of benzene rings is 1. The van der Waals surface area contributed by atoms with Crippen molar-refractivity contribution in [2.24, 2.45) is 5.92 Å². The number of hydrogen-bond acceptors (Lipinski definition) is 7. The first-order valence-corrected chi connectivity index (χ1v) is 7.43. The zero-order valence-electron chi connectivity index (χ0n) is 13.5. The van der Waals surface area contributed by atoms with Crippen LogP contribution in [0.5, 0.6) is 0 Å². The molecule has 142 valence electrons. The number of carbonyl (C=O) groups is 1. The quantitative estimate of drug-likeness (QED) is 0.450. The molecule has 12 heteroatoms. The van der Waals surface area contributed by atoms with E-state index in [0.717, 1.165) is 18.1 Å². The largest absolute Gasteiger partial charge is 0.465 e. The minimum Gasteiger partial charge on any atom is -0.465 e. The first-order valence-electron chi connectivity index (χ1n) is 7.43. The molecule has 0 amide bonds. The molecule has 0 bridgehead atoms. The van der Waals surface area contributed by atoms with Crippen LogP contribution in [0.25, 0.3) is 0 Å². The molecule has 2 rings (SSSR count). The van der Waals surface area contributed by atoms with Crippen molar-refractivity contribution >= 4 is 23.0 Å². The fourth-order valence-corrected chi connectivity index (χ4v) is 2.89. The third kappa shape index (κ3) is 3.83. The second-order valence-corrected chi connectivity index (χ2v) is 5.69. The smallest absolute Gasteiger partial charge is 0.393 e. The van der Waals surface area contributed by atoms with Gasteiger partial charge < -0.3 is 9.64 Å². The van der Waals surface area contributed by atoms with Crippen LogP contribution in [-0.4, -0.2) is 42.2 Å². The van der Waals surface area contributed by atoms with Crippen molar-refractivity contribution < 1.29 is 32.5 Å². The molecule has 0 unspecified atom stereocenters. The van der Waals surface area contributed by atoms with Gasteiger partial charge in [0.25, 0.3) is 11.4 Å². The minimum absolute atomic E-state index is 0.0369. The summed E-state index contributed by atoms with van der Waals surface area (Å²) in [5.41, 5.74) is -2.47. The Morgan fingerprint density at radius 1 is 1.27 bits per heavy atom. The number of alkyl halides is 3. The molecular formula is C14H14F3N3O6. The number of nitro benzene ring substituents is 2. The van der Waals surface area contributed by atoms with Gasteiger partial charge in [-0.15, -0.1) is 0 Å². The highest BCUT2D eigenvalue weighted by molar-refractivity contribution is 5.99. The lowest BCUT2D eigenvalue weighted by Gasteiger charge is -2.35. The van der Waals surface area contributed by atoms with Crippen molar-refractivity contribution in [1.29, 1.82) is 0 Å². The summed E-state index contributed by atoms with van der Waals surface area (Å²) < 4.78 is 43.6. The highest BCUT2D eigenvalue weighted by Gasteiger charge is 2.43. The molecule has 0 N–H and O–H groups in total. The molecule has 1 heterocycles. The molecule has 1 aliphatic heterocycles. The molecule has 1 saturated heterocycles. The van der Waals surface area contributed by atoms with Gasteiger partial charge in [-0.1, -0.05) is 0 Å². The number of halogens is 3. The van der Waals surface area contributed by atoms with Crippen LogP contribution in [-0.2, 0) is 4.74 Å². The Balaban J connectivity index is 2.63. The Labute approximate surface area is 144 Å². The molecule has 0 aliphatic carbocycles. The number of piperidine rings is 1. The van der Waals surface area contributed by atoms with Gasteiger partial charge in [-0.05, 0) is 12.8 Å². The highest BCUT2D eigenvalue weighted by atomic mass is 19.4. The fourth-order valence-electron chi connectivity index (χ4n) is 2.89. The molecule has 0 aromatic heterocycles. The number of nitrogens with zero attached hydrogens (tertiary/aromatic N) is 3. The van der Waals surface area contributed by atoms with E-state index in [0.29, 0.717) is 6.07 Å². The number of anilines is 1. The van der Waals surface area contributed by atoms with Crippen LogP contribution in [0, 0.1) is 26.1 Å². The molecule has 1 aromatic rings. The van der Waals surface area contributed by atoms with Crippen LogP contribution in [0.1, 0.15) is 23.2 Å². The van der Waals surface area contributed by atoms with Crippen molar-refractivity contribution in [2.45, 2.75) is 19.0 Å². The summed E-state index contributed by atoms with van der Waals surface area (Å²) in [6, 6.07) is 1.39. The first kappa shape index (κ1) is 19.4. The van der Waals surface area contributed by atoms with Gasteiger partial charge in [0.05, 0.1) is 34.5 Å². The van der Waals surface area contributed by atoms with Gasteiger partial charge in [0.2, 0.25) is 0 Å². The Morgan fingerprint density at radius 2 is 1.92 bits per heavy atom. The number of hydrogen-bond donors (Lipinski definition) is 0. The molecule has 26 heavy (non-hydrogen) atoms. The third-order valence-electron chi connectivity index (χ3n) is 4.09. The monoisotopic (exact) mass is 377 g/mol. The van der Waals surface area contributed by atoms with Gasteiger partial charge in [0, 0.05) is 19.2 Å². The summed E-state index contributed by atoms with van der Waals surface area (Å²) in [7, 11) is 0.964. The van der Waals surface area contributed by atoms with E-state index in [9.17, 15) is 38.2 Å². The van der Waals surface area contributed by atoms with Crippen LogP contribution in [0.4, 0.5) is 30.2 Å². The van der Waals surface area contributed by atoms with Crippen LogP contribution >= 0.6 is 0 Å². The zero-order valence-corrected chi connectivity index (χ0v) is 13.5. The number of non-ortho nitro benzene ring substituents is 1. The van der Waals surface area contributed by atoms with Gasteiger partial charge in [0.15, 0.2) is 0 Å². The molecule has 1 aliphatic rings. The Morgan fingerprint density at radius 3 is 2.42 bits per heavy atom. The van der Waals surface area contributed by atoms with E-state index in [1.807, 2.05) is 0 Å². The lowest BCUT2D eigenvalue weighted by Crippen LogP contribution is -2.42. The fraction of sp³-hybridized carbons (Fsp3) is 0.500. The summed E-state index contributed by atoms with van der Waals surface area (Å²) in [5.74, 6) is -2.84. The van der Waals surface area contributed by atoms with E-state index in [4.69, 9.17) is 0 Å². The van der Waals surface area contributed by atoms with E-state index >= 15 is 0 Å². The molecule has 1 atom stereocenters. The topological polar surface area (TPSA) is 116 Å². The molecule has 1 fully saturated rings. The first-order chi connectivity index (χ1) is 12.1. The molecule has 9 nitrogen and oxygen atoms in total. The number of nitro groups is 2. The molecular weight excluding hydrogens is 363 g/mol. The van der Waals surface area contributed by atoms with Crippen molar-refractivity contribution in [3.63, 3.8) is 0 Å². The molecule has 0 saturated carbocycles. The van der Waals surface area contributed by atoms with E-state index in [2.05, 4.69) is 4.74 Å². The predicted octanol–water partition coefficient (Wildman–Crippen LogP) is 3.07. The Kier molecular flexibility index (Phi) is 5.33. The van der Waals surface area contributed by atoms with Crippen LogP contribution in [0.2, 0.25) is 0 Å². The zero-order chi connectivity index (χ0) is 19.6. The normalized spacial score (nSPS) is 17.7. The second kappa shape index (κ2) is 7.14. The predicted molar refractivity (Wildman–Crippen MR) is 82.1 cm³/mol. The van der Waals surface area contributed by atoms with Gasteiger partial charge in [-0.25, -0.2) is 4.79 Å². The Bertz CT molecular complexity index is 752. The van der Waals surface area contributed by atoms with Gasteiger partial charge in [-0.3, -0.25) is 20.2 Å². The number of methoxy groups -OCH3 is 1. The summed E-state index contributed by atoms with van der Waals surface area (Å²) >= 11 is 0. The Hall–Kier alpha value is -2.92. The number of rotatable bonds is 4. The summed E-state index contributed by atoms with van der Waals surface area (Å²) in [4.78, 5) is 33.5. The maximum absolute atomic E-state index is 13.0. The van der Waals surface area contributed by atoms with Crippen LogP contribution in [0.15, 0.2) is 12.1 Å². The summed E-state index contributed by atoms with van der Waals surface area (Å²) in [6.07, 6.45) is -4.55. The maximum Gasteiger partial charge on any atom is 0.393 e. The van der Waals surface area contributed by atoms with Crippen molar-refractivity contribution in [1.82, 2.24) is 0 Å². The number of esters is 1. The van der Waals surface area contributed by atoms with E-state index < -0.39 is 57.1 Å². The van der Waals surface area contributed by atoms with Gasteiger partial charge >= 0.3 is 12.1 Å². The molecule has 0 radical (unpaired) electrons. The maximum atomic E-state index is 13.0. The molecule has 0 spiro atoms. The average Bonchev–Trinajstić information content (AvgIpc) is 2.59. The van der Waals surface area contributed by atoms with Crippen molar-refractivity contribution in [2.75, 3.05) is 25.1 Å². The van der Waals surface area contributed by atoms with Crippen molar-refractivity contribution in [3.8, 4) is 0 Å². The van der Waals surface area contributed by atoms with E-state index in [1.165, 1.54) is 0 Å². The third-order valence-corrected chi connectivity index (χ3v) is 4.09. The summed E-state index contributed by atoms with van der Waals surface area (Å²) in [6.45, 7) is -0.554. The second-order valence-electron chi connectivity index (χ2n) is 5.69. The van der Waals surface area contributed by atoms with E-state index in [1.54, 1.807) is 0 Å². The highest BCUT2D eigenvalue weighted by Crippen LogP contribution is 2.41. The minimum atomic E-state index is -4.50. The van der Waals surface area contributed by atoms with Gasteiger partial charge in [0.1, 0.15) is 5.69 Å². The van der Waals surface area contributed by atoms with Crippen LogP contribution in [0.3, 0.4) is 0 Å². The van der Waals surface area contributed by atoms with Crippen LogP contribution < -0.4 is 4.90 Å². The van der Waals surface area contributed by atoms with Gasteiger partial charge in [-0.2, -0.15) is 13.2 Å². The molecule has 1 aromatic carbocycles.